The number of amides is 1. The maximum absolute atomic E-state index is 14.1. The first-order valence-corrected chi connectivity index (χ1v) is 31.3. The number of rotatable bonds is 39. The molecule has 0 bridgehead atoms. The summed E-state index contributed by atoms with van der Waals surface area (Å²) in [5.41, 5.74) is 8.73. The van der Waals surface area contributed by atoms with E-state index in [0.29, 0.717) is 51.0 Å². The van der Waals surface area contributed by atoms with Crippen molar-refractivity contribution in [3.63, 3.8) is 0 Å². The van der Waals surface area contributed by atoms with E-state index < -0.39 is 0 Å². The standard InChI is InChI=1S/C43H56N2O3.C31H42N2O2/c1-4-7-12-17-36-22-25-40(26-23-36)43(46)45(31-30-44(28-8-5-2)29-9-6-3)33-39-24-27-41(47-34-37-18-13-10-14-19-37)42(32-39)48-35-38-20-15-11-16-21-38;1-3-5-20-33(21-6-4-2)22-19-32-24-29-17-18-30(34-25-27-13-9-7-10-14-27)31(23-29)35-26-28-15-11-8-12-16-28/h10-11,13-16,18-27,32H,4-9,12,17,28-31,33-35H2,1-3H3;7-18,23,32H,3-6,19-22,24-26H2,1-2H3. The van der Waals surface area contributed by atoms with Crippen molar-refractivity contribution in [3.8, 4) is 23.0 Å². The van der Waals surface area contributed by atoms with E-state index in [2.05, 4.69) is 129 Å². The Balaban J connectivity index is 0.000000280. The van der Waals surface area contributed by atoms with Crippen LogP contribution in [0.4, 0.5) is 0 Å². The number of hydrogen-bond acceptors (Lipinski definition) is 8. The number of ether oxygens (including phenoxy) is 4. The average Bonchev–Trinajstić information content (AvgIpc) is 3.57. The second-order valence-corrected chi connectivity index (χ2v) is 21.8. The molecule has 1 N–H and O–H groups in total. The summed E-state index contributed by atoms with van der Waals surface area (Å²) in [7, 11) is 0. The van der Waals surface area contributed by atoms with Crippen molar-refractivity contribution in [2.24, 2.45) is 0 Å². The number of carbonyl (C=O) groups excluding carboxylic acids is 1. The van der Waals surface area contributed by atoms with E-state index in [1.165, 1.54) is 94.8 Å². The molecule has 7 aromatic rings. The minimum Gasteiger partial charge on any atom is -0.485 e. The van der Waals surface area contributed by atoms with Gasteiger partial charge in [0.15, 0.2) is 23.0 Å². The first kappa shape index (κ1) is 65.2. The number of unbranched alkanes of at least 4 members (excludes halogenated alkanes) is 6. The molecular formula is C74H98N4O5. The average molecular weight is 1120 g/mol. The molecule has 0 saturated heterocycles. The van der Waals surface area contributed by atoms with Crippen LogP contribution in [-0.2, 0) is 45.9 Å². The zero-order chi connectivity index (χ0) is 58.4. The highest BCUT2D eigenvalue weighted by atomic mass is 16.5. The van der Waals surface area contributed by atoms with Gasteiger partial charge in [-0.3, -0.25) is 4.79 Å². The molecule has 0 unspecified atom stereocenters. The molecule has 0 heterocycles. The van der Waals surface area contributed by atoms with Crippen molar-refractivity contribution in [1.82, 2.24) is 20.0 Å². The summed E-state index contributed by atoms with van der Waals surface area (Å²) in [4.78, 5) is 21.3. The van der Waals surface area contributed by atoms with Gasteiger partial charge in [0.05, 0.1) is 0 Å². The lowest BCUT2D eigenvalue weighted by Gasteiger charge is -2.28. The number of nitrogens with one attached hydrogen (secondary N) is 1. The van der Waals surface area contributed by atoms with Crippen LogP contribution < -0.4 is 24.3 Å². The highest BCUT2D eigenvalue weighted by molar-refractivity contribution is 5.94. The molecule has 0 saturated carbocycles. The van der Waals surface area contributed by atoms with Gasteiger partial charge in [0.25, 0.3) is 5.91 Å². The fourth-order valence-electron chi connectivity index (χ4n) is 9.70. The summed E-state index contributed by atoms with van der Waals surface area (Å²) in [5, 5.41) is 3.63. The van der Waals surface area contributed by atoms with Crippen LogP contribution in [0.5, 0.6) is 23.0 Å². The van der Waals surface area contributed by atoms with E-state index in [9.17, 15) is 4.79 Å². The third kappa shape index (κ3) is 25.2. The minimum atomic E-state index is 0.0669. The molecule has 7 rings (SSSR count). The van der Waals surface area contributed by atoms with E-state index in [1.807, 2.05) is 108 Å². The predicted molar refractivity (Wildman–Crippen MR) is 345 cm³/mol. The van der Waals surface area contributed by atoms with Crippen molar-refractivity contribution >= 4 is 5.91 Å². The zero-order valence-electron chi connectivity index (χ0n) is 51.1. The maximum atomic E-state index is 14.1. The Kier molecular flexibility index (Phi) is 31.1. The molecule has 83 heavy (non-hydrogen) atoms. The largest absolute Gasteiger partial charge is 0.485 e. The number of benzene rings is 7. The first-order chi connectivity index (χ1) is 40.9. The fraction of sp³-hybridized carbons (Fsp3) is 0.419. The van der Waals surface area contributed by atoms with Gasteiger partial charge >= 0.3 is 0 Å². The smallest absolute Gasteiger partial charge is 0.254 e. The normalized spacial score (nSPS) is 11.1. The van der Waals surface area contributed by atoms with Crippen molar-refractivity contribution in [1.29, 1.82) is 0 Å². The monoisotopic (exact) mass is 1120 g/mol. The van der Waals surface area contributed by atoms with Crippen molar-refractivity contribution in [3.05, 3.63) is 226 Å². The van der Waals surface area contributed by atoms with E-state index in [1.54, 1.807) is 0 Å². The third-order valence-electron chi connectivity index (χ3n) is 14.8. The molecule has 0 fully saturated rings. The summed E-state index contributed by atoms with van der Waals surface area (Å²) in [5.74, 6) is 3.01. The van der Waals surface area contributed by atoms with Gasteiger partial charge < -0.3 is 39.0 Å². The van der Waals surface area contributed by atoms with Crippen molar-refractivity contribution < 1.29 is 23.7 Å². The lowest BCUT2D eigenvalue weighted by Crippen LogP contribution is -2.39. The van der Waals surface area contributed by atoms with Crippen LogP contribution in [0.2, 0.25) is 0 Å². The minimum absolute atomic E-state index is 0.0669. The first-order valence-electron chi connectivity index (χ1n) is 31.3. The number of hydrogen-bond donors (Lipinski definition) is 1. The lowest BCUT2D eigenvalue weighted by atomic mass is 10.0. The quantitative estimate of drug-likeness (QED) is 0.0382. The topological polar surface area (TPSA) is 75.7 Å². The molecule has 9 heteroatoms. The Morgan fingerprint density at radius 2 is 0.747 bits per heavy atom. The Bertz CT molecular complexity index is 2760. The molecule has 0 atom stereocenters. The van der Waals surface area contributed by atoms with Gasteiger partial charge in [0.2, 0.25) is 0 Å². The van der Waals surface area contributed by atoms with E-state index in [4.69, 9.17) is 18.9 Å². The van der Waals surface area contributed by atoms with Crippen LogP contribution in [0.1, 0.15) is 155 Å². The second-order valence-electron chi connectivity index (χ2n) is 21.8. The highest BCUT2D eigenvalue weighted by Gasteiger charge is 2.20. The van der Waals surface area contributed by atoms with Crippen molar-refractivity contribution in [2.45, 2.75) is 151 Å². The van der Waals surface area contributed by atoms with Gasteiger partial charge in [-0.25, -0.2) is 0 Å². The Labute approximate surface area is 500 Å². The van der Waals surface area contributed by atoms with E-state index in [-0.39, 0.29) is 5.91 Å². The van der Waals surface area contributed by atoms with Gasteiger partial charge in [0, 0.05) is 44.8 Å². The molecule has 0 spiro atoms. The van der Waals surface area contributed by atoms with Gasteiger partial charge in [-0.15, -0.1) is 0 Å². The van der Waals surface area contributed by atoms with Gasteiger partial charge in [-0.05, 0) is 140 Å². The molecule has 0 aliphatic carbocycles. The van der Waals surface area contributed by atoms with Gasteiger partial charge in [-0.1, -0.05) is 219 Å². The van der Waals surface area contributed by atoms with Crippen LogP contribution in [-0.4, -0.2) is 73.0 Å². The van der Waals surface area contributed by atoms with Crippen LogP contribution in [0, 0.1) is 0 Å². The molecule has 9 nitrogen and oxygen atoms in total. The Hall–Kier alpha value is -6.91. The maximum Gasteiger partial charge on any atom is 0.254 e. The third-order valence-corrected chi connectivity index (χ3v) is 14.8. The summed E-state index contributed by atoms with van der Waals surface area (Å²) in [6.07, 6.45) is 14.4. The molecule has 0 radical (unpaired) electrons. The fourth-order valence-corrected chi connectivity index (χ4v) is 9.70. The number of carbonyl (C=O) groups is 1. The molecular weight excluding hydrogens is 1020 g/mol. The van der Waals surface area contributed by atoms with E-state index >= 15 is 0 Å². The SMILES string of the molecule is CCCCCc1ccc(C(=O)N(CCN(CCCC)CCCC)Cc2ccc(OCc3ccccc3)c(OCc3ccccc3)c2)cc1.CCCCN(CCCC)CCNCc1ccc(OCc2ccccc2)c(OCc2ccccc2)c1. The molecule has 0 aliphatic rings. The highest BCUT2D eigenvalue weighted by Crippen LogP contribution is 2.32. The summed E-state index contributed by atoms with van der Waals surface area (Å²) < 4.78 is 25.0. The van der Waals surface area contributed by atoms with Crippen LogP contribution in [0.15, 0.2) is 182 Å². The Morgan fingerprint density at radius 1 is 0.361 bits per heavy atom. The number of nitrogens with zero attached hydrogens (tertiary/aromatic N) is 3. The van der Waals surface area contributed by atoms with Crippen LogP contribution in [0.3, 0.4) is 0 Å². The lowest BCUT2D eigenvalue weighted by molar-refractivity contribution is 0.0720. The van der Waals surface area contributed by atoms with Crippen LogP contribution >= 0.6 is 0 Å². The molecule has 0 aromatic heterocycles. The zero-order valence-corrected chi connectivity index (χ0v) is 51.1. The summed E-state index contributed by atoms with van der Waals surface area (Å²) in [6.45, 7) is 22.6. The molecule has 1 amide bonds. The molecule has 7 aromatic carbocycles. The molecule has 0 aliphatic heterocycles. The van der Waals surface area contributed by atoms with Gasteiger partial charge in [-0.2, -0.15) is 0 Å². The van der Waals surface area contributed by atoms with E-state index in [0.717, 1.165) is 90.6 Å². The summed E-state index contributed by atoms with van der Waals surface area (Å²) in [6, 6.07) is 61.5. The Morgan fingerprint density at radius 3 is 1.18 bits per heavy atom. The van der Waals surface area contributed by atoms with Crippen molar-refractivity contribution in [2.75, 3.05) is 52.4 Å². The molecule has 444 valence electrons. The van der Waals surface area contributed by atoms with Crippen LogP contribution in [0.25, 0.3) is 0 Å². The summed E-state index contributed by atoms with van der Waals surface area (Å²) >= 11 is 0. The second kappa shape index (κ2) is 39.5. The number of aryl methyl sites for hydroxylation is 1. The van der Waals surface area contributed by atoms with Gasteiger partial charge in [0.1, 0.15) is 26.4 Å². The predicted octanol–water partition coefficient (Wildman–Crippen LogP) is 17.0.